The Bertz CT molecular complexity index is 498. The number of carbonyl (C=O) groups is 1. The first-order valence-electron chi connectivity index (χ1n) is 5.13. The summed E-state index contributed by atoms with van der Waals surface area (Å²) in [7, 11) is 0. The molecule has 0 aliphatic heterocycles. The molecule has 2 heterocycles. The van der Waals surface area contributed by atoms with Crippen molar-refractivity contribution in [2.45, 2.75) is 13.0 Å². The maximum atomic E-state index is 11.6. The fourth-order valence-corrected chi connectivity index (χ4v) is 1.66. The predicted molar refractivity (Wildman–Crippen MR) is 67.4 cm³/mol. The van der Waals surface area contributed by atoms with E-state index >= 15 is 0 Å². The Morgan fingerprint density at radius 3 is 3.06 bits per heavy atom. The lowest BCUT2D eigenvalue weighted by atomic mass is 10.4. The lowest BCUT2D eigenvalue weighted by molar-refractivity contribution is -0.116. The van der Waals surface area contributed by atoms with Crippen LogP contribution in [0.4, 0.5) is 5.82 Å². The van der Waals surface area contributed by atoms with Gasteiger partial charge in [-0.2, -0.15) is 5.10 Å². The number of aryl methyl sites for hydroxylation is 1. The van der Waals surface area contributed by atoms with Gasteiger partial charge in [0.15, 0.2) is 0 Å². The van der Waals surface area contributed by atoms with E-state index in [2.05, 4.69) is 31.3 Å². The van der Waals surface area contributed by atoms with Crippen LogP contribution in [0.1, 0.15) is 6.42 Å². The Morgan fingerprint density at radius 1 is 1.47 bits per heavy atom. The summed E-state index contributed by atoms with van der Waals surface area (Å²) in [4.78, 5) is 15.7. The Morgan fingerprint density at radius 2 is 2.35 bits per heavy atom. The van der Waals surface area contributed by atoms with Gasteiger partial charge >= 0.3 is 0 Å². The van der Waals surface area contributed by atoms with Crippen molar-refractivity contribution in [1.29, 1.82) is 0 Å². The number of hydrogen-bond donors (Lipinski definition) is 1. The van der Waals surface area contributed by atoms with Gasteiger partial charge in [0.2, 0.25) is 5.91 Å². The van der Waals surface area contributed by atoms with Crippen molar-refractivity contribution < 1.29 is 4.79 Å². The van der Waals surface area contributed by atoms with Crippen LogP contribution in [0.25, 0.3) is 0 Å². The van der Waals surface area contributed by atoms with Crippen molar-refractivity contribution >= 4 is 27.7 Å². The van der Waals surface area contributed by atoms with E-state index in [1.54, 1.807) is 29.2 Å². The van der Waals surface area contributed by atoms with E-state index in [0.717, 1.165) is 4.47 Å². The minimum absolute atomic E-state index is 0.0777. The molecule has 0 saturated heterocycles. The molecule has 0 fully saturated rings. The number of anilines is 1. The van der Waals surface area contributed by atoms with Gasteiger partial charge in [0.05, 0.1) is 0 Å². The first-order valence-corrected chi connectivity index (χ1v) is 5.92. The van der Waals surface area contributed by atoms with Crippen LogP contribution in [0.15, 0.2) is 41.3 Å². The Labute approximate surface area is 107 Å². The van der Waals surface area contributed by atoms with Gasteiger partial charge < -0.3 is 5.32 Å². The third kappa shape index (κ3) is 3.67. The number of rotatable bonds is 4. The summed E-state index contributed by atoms with van der Waals surface area (Å²) in [6.07, 6.45) is 5.52. The number of halogens is 1. The van der Waals surface area contributed by atoms with Gasteiger partial charge in [-0.05, 0) is 18.2 Å². The van der Waals surface area contributed by atoms with Crippen molar-refractivity contribution in [3.8, 4) is 0 Å². The summed E-state index contributed by atoms with van der Waals surface area (Å²) in [5, 5.41) is 6.75. The molecule has 0 radical (unpaired) electrons. The second-order valence-corrected chi connectivity index (χ2v) is 4.34. The molecule has 1 amide bonds. The van der Waals surface area contributed by atoms with Crippen LogP contribution in [-0.4, -0.2) is 20.7 Å². The molecule has 0 spiro atoms. The summed E-state index contributed by atoms with van der Waals surface area (Å²) < 4.78 is 2.60. The summed E-state index contributed by atoms with van der Waals surface area (Å²) in [6.45, 7) is 0.562. The van der Waals surface area contributed by atoms with E-state index < -0.39 is 0 Å². The summed E-state index contributed by atoms with van der Waals surface area (Å²) in [5.74, 6) is 0.468. The number of pyridine rings is 1. The molecule has 0 aliphatic rings. The Balaban J connectivity index is 1.85. The Hall–Kier alpha value is -1.69. The molecule has 6 heteroatoms. The van der Waals surface area contributed by atoms with Crippen LogP contribution in [0.5, 0.6) is 0 Å². The highest BCUT2D eigenvalue weighted by molar-refractivity contribution is 9.10. The van der Waals surface area contributed by atoms with Gasteiger partial charge in [-0.3, -0.25) is 9.48 Å². The van der Waals surface area contributed by atoms with Crippen LogP contribution in [-0.2, 0) is 11.3 Å². The highest BCUT2D eigenvalue weighted by Gasteiger charge is 2.03. The molecule has 0 bridgehead atoms. The van der Waals surface area contributed by atoms with Crippen LogP contribution >= 0.6 is 15.9 Å². The van der Waals surface area contributed by atoms with Crippen LogP contribution in [0.3, 0.4) is 0 Å². The normalized spacial score (nSPS) is 10.2. The van der Waals surface area contributed by atoms with E-state index in [1.165, 1.54) is 0 Å². The zero-order valence-electron chi connectivity index (χ0n) is 9.01. The standard InChI is InChI=1S/C11H11BrN4O/c12-9-2-5-13-10(8-9)15-11(17)3-7-16-6-1-4-14-16/h1-2,4-6,8H,3,7H2,(H,13,15,17). The highest BCUT2D eigenvalue weighted by Crippen LogP contribution is 2.12. The number of amides is 1. The van der Waals surface area contributed by atoms with Gasteiger partial charge in [-0.1, -0.05) is 15.9 Å². The fraction of sp³-hybridized carbons (Fsp3) is 0.182. The van der Waals surface area contributed by atoms with Gasteiger partial charge in [-0.15, -0.1) is 0 Å². The molecule has 17 heavy (non-hydrogen) atoms. The van der Waals surface area contributed by atoms with Gasteiger partial charge in [0.25, 0.3) is 0 Å². The highest BCUT2D eigenvalue weighted by atomic mass is 79.9. The minimum Gasteiger partial charge on any atom is -0.311 e. The molecule has 2 aromatic heterocycles. The molecule has 88 valence electrons. The number of aromatic nitrogens is 3. The Kier molecular flexibility index (Phi) is 3.87. The second kappa shape index (κ2) is 5.58. The maximum Gasteiger partial charge on any atom is 0.227 e. The van der Waals surface area contributed by atoms with E-state index in [9.17, 15) is 4.79 Å². The zero-order valence-corrected chi connectivity index (χ0v) is 10.6. The SMILES string of the molecule is O=C(CCn1cccn1)Nc1cc(Br)ccn1. The predicted octanol–water partition coefficient (Wildman–Crippen LogP) is 2.07. The third-order valence-corrected chi connectivity index (χ3v) is 2.61. The molecule has 1 N–H and O–H groups in total. The monoisotopic (exact) mass is 294 g/mol. The fourth-order valence-electron chi connectivity index (χ4n) is 1.33. The van der Waals surface area contributed by atoms with Crippen molar-refractivity contribution in [2.24, 2.45) is 0 Å². The van der Waals surface area contributed by atoms with Crippen molar-refractivity contribution in [3.63, 3.8) is 0 Å². The first-order chi connectivity index (χ1) is 8.24. The number of nitrogens with one attached hydrogen (secondary N) is 1. The zero-order chi connectivity index (χ0) is 12.1. The van der Waals surface area contributed by atoms with Crippen LogP contribution < -0.4 is 5.32 Å². The summed E-state index contributed by atoms with van der Waals surface area (Å²) in [6, 6.07) is 5.39. The average Bonchev–Trinajstić information content (AvgIpc) is 2.79. The van der Waals surface area contributed by atoms with Crippen molar-refractivity contribution in [2.75, 3.05) is 5.32 Å². The van der Waals surface area contributed by atoms with E-state index in [1.807, 2.05) is 12.3 Å². The van der Waals surface area contributed by atoms with Crippen molar-refractivity contribution in [1.82, 2.24) is 14.8 Å². The minimum atomic E-state index is -0.0777. The number of hydrogen-bond acceptors (Lipinski definition) is 3. The molecule has 2 aromatic rings. The summed E-state index contributed by atoms with van der Waals surface area (Å²) >= 11 is 3.32. The molecule has 2 rings (SSSR count). The lowest BCUT2D eigenvalue weighted by Crippen LogP contribution is -2.15. The van der Waals surface area contributed by atoms with E-state index in [4.69, 9.17) is 0 Å². The summed E-state index contributed by atoms with van der Waals surface area (Å²) in [5.41, 5.74) is 0. The van der Waals surface area contributed by atoms with Crippen molar-refractivity contribution in [3.05, 3.63) is 41.3 Å². The molecule has 0 aliphatic carbocycles. The lowest BCUT2D eigenvalue weighted by Gasteiger charge is -2.04. The topological polar surface area (TPSA) is 59.8 Å². The van der Waals surface area contributed by atoms with Gasteiger partial charge in [-0.25, -0.2) is 4.98 Å². The molecule has 0 saturated carbocycles. The van der Waals surface area contributed by atoms with Gasteiger partial charge in [0, 0.05) is 36.0 Å². The number of nitrogens with zero attached hydrogens (tertiary/aromatic N) is 3. The number of carbonyl (C=O) groups excluding carboxylic acids is 1. The smallest absolute Gasteiger partial charge is 0.227 e. The van der Waals surface area contributed by atoms with Crippen LogP contribution in [0.2, 0.25) is 0 Å². The van der Waals surface area contributed by atoms with E-state index in [-0.39, 0.29) is 5.91 Å². The first kappa shape index (κ1) is 11.8. The van der Waals surface area contributed by atoms with Gasteiger partial charge in [0.1, 0.15) is 5.82 Å². The molecular weight excluding hydrogens is 284 g/mol. The quantitative estimate of drug-likeness (QED) is 0.939. The second-order valence-electron chi connectivity index (χ2n) is 3.43. The molecular formula is C11H11BrN4O. The van der Waals surface area contributed by atoms with Crippen LogP contribution in [0, 0.1) is 0 Å². The van der Waals surface area contributed by atoms with E-state index in [0.29, 0.717) is 18.8 Å². The largest absolute Gasteiger partial charge is 0.311 e. The molecule has 0 unspecified atom stereocenters. The molecule has 0 aromatic carbocycles. The third-order valence-electron chi connectivity index (χ3n) is 2.12. The average molecular weight is 295 g/mol. The molecule has 0 atom stereocenters. The maximum absolute atomic E-state index is 11.6. The molecule has 5 nitrogen and oxygen atoms in total.